The Kier molecular flexibility index (Phi) is 4.71. The summed E-state index contributed by atoms with van der Waals surface area (Å²) in [4.78, 5) is 41.1. The number of piperazine rings is 1. The molecule has 1 aromatic carbocycles. The van der Waals surface area contributed by atoms with E-state index in [0.29, 0.717) is 31.2 Å². The van der Waals surface area contributed by atoms with Crippen LogP contribution in [0.15, 0.2) is 46.1 Å². The molecule has 1 fully saturated rings. The smallest absolute Gasteiger partial charge is 0.328 e. The summed E-state index contributed by atoms with van der Waals surface area (Å²) in [5, 5.41) is 0.693. The summed E-state index contributed by atoms with van der Waals surface area (Å²) in [6, 6.07) is 8.83. The molecule has 1 amide bonds. The third-order valence-corrected chi connectivity index (χ3v) is 4.28. The number of aromatic nitrogens is 2. The largest absolute Gasteiger partial charge is 0.368 e. The summed E-state index contributed by atoms with van der Waals surface area (Å²) in [5.74, 6) is -0.139. The van der Waals surface area contributed by atoms with Crippen LogP contribution in [0.2, 0.25) is 5.02 Å². The van der Waals surface area contributed by atoms with Gasteiger partial charge in [0.25, 0.3) is 5.56 Å². The minimum absolute atomic E-state index is 0.0729. The number of H-pyrrole nitrogens is 1. The van der Waals surface area contributed by atoms with Gasteiger partial charge in [0, 0.05) is 49.2 Å². The summed E-state index contributed by atoms with van der Waals surface area (Å²) in [6.45, 7) is 2.53. The molecule has 0 aliphatic carbocycles. The summed E-state index contributed by atoms with van der Waals surface area (Å²) < 4.78 is 1.20. The first kappa shape index (κ1) is 16.3. The Balaban J connectivity index is 1.59. The number of carbonyl (C=O) groups excluding carboxylic acids is 1. The predicted molar refractivity (Wildman–Crippen MR) is 91.6 cm³/mol. The first-order valence-corrected chi connectivity index (χ1v) is 7.99. The molecule has 0 unspecified atom stereocenters. The van der Waals surface area contributed by atoms with Crippen LogP contribution in [0.1, 0.15) is 0 Å². The second kappa shape index (κ2) is 6.92. The maximum atomic E-state index is 12.3. The Morgan fingerprint density at radius 3 is 2.33 bits per heavy atom. The van der Waals surface area contributed by atoms with Crippen LogP contribution in [-0.2, 0) is 11.3 Å². The second-order valence-electron chi connectivity index (χ2n) is 5.58. The fourth-order valence-corrected chi connectivity index (χ4v) is 2.81. The highest BCUT2D eigenvalue weighted by Gasteiger charge is 2.21. The molecule has 1 aliphatic rings. The van der Waals surface area contributed by atoms with Crippen molar-refractivity contribution in [3.05, 3.63) is 62.4 Å². The lowest BCUT2D eigenvalue weighted by atomic mass is 10.2. The average Bonchev–Trinajstić information content (AvgIpc) is 2.58. The van der Waals surface area contributed by atoms with Crippen molar-refractivity contribution in [3.8, 4) is 0 Å². The predicted octanol–water partition coefficient (Wildman–Crippen LogP) is 0.539. The van der Waals surface area contributed by atoms with E-state index in [9.17, 15) is 14.4 Å². The average molecular weight is 349 g/mol. The molecule has 1 aliphatic heterocycles. The molecule has 2 aromatic rings. The number of nitrogens with zero attached hydrogens (tertiary/aromatic N) is 3. The number of amides is 1. The van der Waals surface area contributed by atoms with Crippen molar-refractivity contribution in [2.45, 2.75) is 6.54 Å². The van der Waals surface area contributed by atoms with Gasteiger partial charge in [-0.1, -0.05) is 11.6 Å². The Labute approximate surface area is 143 Å². The summed E-state index contributed by atoms with van der Waals surface area (Å²) >= 11 is 5.89. The zero-order valence-corrected chi connectivity index (χ0v) is 13.7. The minimum atomic E-state index is -0.573. The molecule has 3 rings (SSSR count). The van der Waals surface area contributed by atoms with E-state index < -0.39 is 11.2 Å². The van der Waals surface area contributed by atoms with Crippen LogP contribution in [0.25, 0.3) is 0 Å². The van der Waals surface area contributed by atoms with Crippen molar-refractivity contribution in [2.24, 2.45) is 0 Å². The molecule has 0 saturated carbocycles. The van der Waals surface area contributed by atoms with Crippen molar-refractivity contribution >= 4 is 23.2 Å². The van der Waals surface area contributed by atoms with Crippen molar-refractivity contribution in [3.63, 3.8) is 0 Å². The quantitative estimate of drug-likeness (QED) is 0.878. The third kappa shape index (κ3) is 3.68. The SMILES string of the molecule is O=C(Cn1ccc(=O)[nH]c1=O)N1CCN(c2ccc(Cl)cc2)CC1. The number of benzene rings is 1. The summed E-state index contributed by atoms with van der Waals surface area (Å²) in [5.41, 5.74) is 0.0271. The lowest BCUT2D eigenvalue weighted by Crippen LogP contribution is -2.50. The van der Waals surface area contributed by atoms with E-state index in [1.165, 1.54) is 16.8 Å². The van der Waals surface area contributed by atoms with E-state index in [1.54, 1.807) is 4.90 Å². The number of rotatable bonds is 3. The van der Waals surface area contributed by atoms with Gasteiger partial charge in [-0.2, -0.15) is 0 Å². The topological polar surface area (TPSA) is 78.4 Å². The molecule has 1 saturated heterocycles. The van der Waals surface area contributed by atoms with Gasteiger partial charge in [0.15, 0.2) is 0 Å². The highest BCUT2D eigenvalue weighted by atomic mass is 35.5. The van der Waals surface area contributed by atoms with E-state index in [-0.39, 0.29) is 12.5 Å². The van der Waals surface area contributed by atoms with E-state index >= 15 is 0 Å². The normalized spacial score (nSPS) is 14.7. The Hall–Kier alpha value is -2.54. The van der Waals surface area contributed by atoms with Crippen molar-refractivity contribution < 1.29 is 4.79 Å². The molecule has 126 valence electrons. The van der Waals surface area contributed by atoms with Gasteiger partial charge in [0.05, 0.1) is 0 Å². The van der Waals surface area contributed by atoms with E-state index in [4.69, 9.17) is 11.6 Å². The van der Waals surface area contributed by atoms with Gasteiger partial charge in [-0.05, 0) is 24.3 Å². The van der Waals surface area contributed by atoms with Crippen molar-refractivity contribution in [1.29, 1.82) is 0 Å². The number of aromatic amines is 1. The monoisotopic (exact) mass is 348 g/mol. The molecule has 1 N–H and O–H groups in total. The molecule has 1 aromatic heterocycles. The molecule has 0 atom stereocenters. The van der Waals surface area contributed by atoms with Gasteiger partial charge >= 0.3 is 5.69 Å². The van der Waals surface area contributed by atoms with Crippen LogP contribution in [0.4, 0.5) is 5.69 Å². The molecular formula is C16H17ClN4O3. The minimum Gasteiger partial charge on any atom is -0.368 e. The van der Waals surface area contributed by atoms with Gasteiger partial charge in [0.2, 0.25) is 5.91 Å². The number of hydrogen-bond donors (Lipinski definition) is 1. The van der Waals surface area contributed by atoms with E-state index in [1.807, 2.05) is 24.3 Å². The zero-order valence-electron chi connectivity index (χ0n) is 12.9. The number of carbonyl (C=O) groups is 1. The number of hydrogen-bond acceptors (Lipinski definition) is 4. The van der Waals surface area contributed by atoms with Crippen molar-refractivity contribution in [1.82, 2.24) is 14.5 Å². The second-order valence-corrected chi connectivity index (χ2v) is 6.02. The lowest BCUT2D eigenvalue weighted by molar-refractivity contribution is -0.132. The molecular weight excluding hydrogens is 332 g/mol. The highest BCUT2D eigenvalue weighted by molar-refractivity contribution is 6.30. The number of anilines is 1. The zero-order chi connectivity index (χ0) is 17.1. The first-order valence-electron chi connectivity index (χ1n) is 7.61. The summed E-state index contributed by atoms with van der Waals surface area (Å²) in [6.07, 6.45) is 1.34. The van der Waals surface area contributed by atoms with Crippen LogP contribution >= 0.6 is 11.6 Å². The van der Waals surface area contributed by atoms with Crippen LogP contribution in [0, 0.1) is 0 Å². The molecule has 0 radical (unpaired) electrons. The van der Waals surface area contributed by atoms with Gasteiger partial charge in [-0.25, -0.2) is 4.79 Å². The Morgan fingerprint density at radius 2 is 1.71 bits per heavy atom. The third-order valence-electron chi connectivity index (χ3n) is 4.03. The Bertz CT molecular complexity index is 835. The number of nitrogens with one attached hydrogen (secondary N) is 1. The molecule has 8 heteroatoms. The fraction of sp³-hybridized carbons (Fsp3) is 0.312. The maximum absolute atomic E-state index is 12.3. The van der Waals surface area contributed by atoms with Gasteiger partial charge in [-0.3, -0.25) is 19.1 Å². The van der Waals surface area contributed by atoms with Gasteiger partial charge in [-0.15, -0.1) is 0 Å². The molecule has 0 spiro atoms. The van der Waals surface area contributed by atoms with Gasteiger partial charge in [0.1, 0.15) is 6.54 Å². The van der Waals surface area contributed by atoms with Crippen molar-refractivity contribution in [2.75, 3.05) is 31.1 Å². The van der Waals surface area contributed by atoms with E-state index in [0.717, 1.165) is 5.69 Å². The van der Waals surface area contributed by atoms with Crippen LogP contribution in [0.3, 0.4) is 0 Å². The molecule has 0 bridgehead atoms. The summed E-state index contributed by atoms with van der Waals surface area (Å²) in [7, 11) is 0. The first-order chi connectivity index (χ1) is 11.5. The standard InChI is InChI=1S/C16H17ClN4O3/c17-12-1-3-13(4-2-12)19-7-9-20(10-8-19)15(23)11-21-6-5-14(22)18-16(21)24/h1-6H,7-11H2,(H,18,22,24). The van der Waals surface area contributed by atoms with Crippen LogP contribution < -0.4 is 16.1 Å². The lowest BCUT2D eigenvalue weighted by Gasteiger charge is -2.36. The fourth-order valence-electron chi connectivity index (χ4n) is 2.68. The molecule has 2 heterocycles. The molecule has 24 heavy (non-hydrogen) atoms. The van der Waals surface area contributed by atoms with Gasteiger partial charge < -0.3 is 9.80 Å². The molecule has 7 nitrogen and oxygen atoms in total. The van der Waals surface area contributed by atoms with Crippen LogP contribution in [0.5, 0.6) is 0 Å². The maximum Gasteiger partial charge on any atom is 0.328 e. The van der Waals surface area contributed by atoms with E-state index in [2.05, 4.69) is 9.88 Å². The number of halogens is 1. The Morgan fingerprint density at radius 1 is 1.04 bits per heavy atom. The van der Waals surface area contributed by atoms with Crippen LogP contribution in [-0.4, -0.2) is 46.5 Å². The highest BCUT2D eigenvalue weighted by Crippen LogP contribution is 2.19.